The summed E-state index contributed by atoms with van der Waals surface area (Å²) in [6.45, 7) is 4.27. The minimum absolute atomic E-state index is 0.281. The molecule has 1 aromatic carbocycles. The third kappa shape index (κ3) is 3.92. The normalized spacial score (nSPS) is 14.7. The lowest BCUT2D eigenvalue weighted by molar-refractivity contribution is 0.414. The first-order valence-corrected chi connectivity index (χ1v) is 5.52. The molecule has 0 fully saturated rings. The predicted octanol–water partition coefficient (Wildman–Crippen LogP) is 2.61. The van der Waals surface area contributed by atoms with Crippen molar-refractivity contribution in [3.8, 4) is 5.75 Å². The van der Waals surface area contributed by atoms with Crippen molar-refractivity contribution in [3.05, 3.63) is 29.8 Å². The number of methoxy groups -OCH3 is 1. The third-order valence-corrected chi connectivity index (χ3v) is 2.94. The van der Waals surface area contributed by atoms with E-state index in [4.69, 9.17) is 10.5 Å². The molecule has 0 saturated heterocycles. The van der Waals surface area contributed by atoms with Crippen LogP contribution >= 0.6 is 0 Å². The molecule has 0 heterocycles. The number of hydrogen-bond acceptors (Lipinski definition) is 2. The number of ether oxygens (including phenoxy) is 1. The van der Waals surface area contributed by atoms with Crippen molar-refractivity contribution in [2.45, 2.75) is 32.7 Å². The smallest absolute Gasteiger partial charge is 0.118 e. The summed E-state index contributed by atoms with van der Waals surface area (Å²) in [4.78, 5) is 0. The molecule has 0 radical (unpaired) electrons. The summed E-state index contributed by atoms with van der Waals surface area (Å²) in [5.41, 5.74) is 7.18. The molecule has 15 heavy (non-hydrogen) atoms. The second-order valence-corrected chi connectivity index (χ2v) is 4.22. The van der Waals surface area contributed by atoms with E-state index >= 15 is 0 Å². The summed E-state index contributed by atoms with van der Waals surface area (Å²) < 4.78 is 5.11. The number of nitrogens with two attached hydrogens (primary N) is 1. The predicted molar refractivity (Wildman–Crippen MR) is 64.1 cm³/mol. The van der Waals surface area contributed by atoms with E-state index in [-0.39, 0.29) is 6.04 Å². The number of rotatable bonds is 5. The standard InChI is InChI=1S/C13H21NO/c1-10(11(2)14)4-5-12-6-8-13(15-3)9-7-12/h6-11H,4-5,14H2,1-3H3/t10?,11-/m0/s1. The molecule has 2 N–H and O–H groups in total. The minimum Gasteiger partial charge on any atom is -0.497 e. The molecule has 0 saturated carbocycles. The van der Waals surface area contributed by atoms with Gasteiger partial charge in [0.15, 0.2) is 0 Å². The molecule has 2 atom stereocenters. The van der Waals surface area contributed by atoms with Gasteiger partial charge in [-0.15, -0.1) is 0 Å². The summed E-state index contributed by atoms with van der Waals surface area (Å²) in [5, 5.41) is 0. The maximum Gasteiger partial charge on any atom is 0.118 e. The van der Waals surface area contributed by atoms with Gasteiger partial charge in [-0.1, -0.05) is 19.1 Å². The quantitative estimate of drug-likeness (QED) is 0.805. The average Bonchev–Trinajstić information content (AvgIpc) is 2.26. The average molecular weight is 207 g/mol. The zero-order chi connectivity index (χ0) is 11.3. The van der Waals surface area contributed by atoms with E-state index in [9.17, 15) is 0 Å². The highest BCUT2D eigenvalue weighted by Gasteiger charge is 2.07. The fourth-order valence-electron chi connectivity index (χ4n) is 1.45. The SMILES string of the molecule is COc1ccc(CCC(C)[C@H](C)N)cc1. The van der Waals surface area contributed by atoms with Gasteiger partial charge >= 0.3 is 0 Å². The molecular weight excluding hydrogens is 186 g/mol. The van der Waals surface area contributed by atoms with Gasteiger partial charge in [0.1, 0.15) is 5.75 Å². The Labute approximate surface area is 92.4 Å². The fraction of sp³-hybridized carbons (Fsp3) is 0.538. The Kier molecular flexibility index (Phi) is 4.63. The van der Waals surface area contributed by atoms with Crippen molar-refractivity contribution >= 4 is 0 Å². The van der Waals surface area contributed by atoms with Gasteiger partial charge in [0.2, 0.25) is 0 Å². The highest BCUT2D eigenvalue weighted by molar-refractivity contribution is 5.27. The molecule has 0 amide bonds. The highest BCUT2D eigenvalue weighted by atomic mass is 16.5. The van der Waals surface area contributed by atoms with Crippen molar-refractivity contribution in [1.29, 1.82) is 0 Å². The minimum atomic E-state index is 0.281. The van der Waals surface area contributed by atoms with Crippen LogP contribution in [0.15, 0.2) is 24.3 Å². The first kappa shape index (κ1) is 12.1. The van der Waals surface area contributed by atoms with Gasteiger partial charge in [-0.3, -0.25) is 0 Å². The van der Waals surface area contributed by atoms with Gasteiger partial charge in [-0.25, -0.2) is 0 Å². The Balaban J connectivity index is 2.44. The number of hydrogen-bond donors (Lipinski definition) is 1. The lowest BCUT2D eigenvalue weighted by atomic mass is 9.96. The van der Waals surface area contributed by atoms with Crippen LogP contribution in [0.4, 0.5) is 0 Å². The van der Waals surface area contributed by atoms with Crippen molar-refractivity contribution in [2.75, 3.05) is 7.11 Å². The van der Waals surface area contributed by atoms with Crippen molar-refractivity contribution in [1.82, 2.24) is 0 Å². The molecule has 2 nitrogen and oxygen atoms in total. The maximum absolute atomic E-state index is 5.83. The zero-order valence-corrected chi connectivity index (χ0v) is 9.86. The molecule has 0 aliphatic heterocycles. The molecule has 0 aliphatic rings. The summed E-state index contributed by atoms with van der Waals surface area (Å²) >= 11 is 0. The van der Waals surface area contributed by atoms with E-state index in [0.29, 0.717) is 5.92 Å². The number of benzene rings is 1. The van der Waals surface area contributed by atoms with E-state index in [1.54, 1.807) is 7.11 Å². The van der Waals surface area contributed by atoms with E-state index in [2.05, 4.69) is 26.0 Å². The Morgan fingerprint density at radius 3 is 2.27 bits per heavy atom. The Morgan fingerprint density at radius 2 is 1.80 bits per heavy atom. The molecule has 84 valence electrons. The molecule has 2 heteroatoms. The van der Waals surface area contributed by atoms with E-state index in [1.165, 1.54) is 5.56 Å². The van der Waals surface area contributed by atoms with Crippen LogP contribution in [0.2, 0.25) is 0 Å². The van der Waals surface area contributed by atoms with E-state index in [1.807, 2.05) is 12.1 Å². The molecular formula is C13H21NO. The van der Waals surface area contributed by atoms with Crippen LogP contribution in [-0.2, 0) is 6.42 Å². The Bertz CT molecular complexity index is 279. The highest BCUT2D eigenvalue weighted by Crippen LogP contribution is 2.15. The van der Waals surface area contributed by atoms with Crippen molar-refractivity contribution in [2.24, 2.45) is 11.7 Å². The summed E-state index contributed by atoms with van der Waals surface area (Å²) in [7, 11) is 1.69. The second kappa shape index (κ2) is 5.76. The van der Waals surface area contributed by atoms with Crippen LogP contribution < -0.4 is 10.5 Å². The molecule has 1 unspecified atom stereocenters. The topological polar surface area (TPSA) is 35.2 Å². The van der Waals surface area contributed by atoms with Gasteiger partial charge in [0.25, 0.3) is 0 Å². The second-order valence-electron chi connectivity index (χ2n) is 4.22. The Morgan fingerprint density at radius 1 is 1.20 bits per heavy atom. The lowest BCUT2D eigenvalue weighted by Gasteiger charge is -2.15. The van der Waals surface area contributed by atoms with E-state index in [0.717, 1.165) is 18.6 Å². The van der Waals surface area contributed by atoms with E-state index < -0.39 is 0 Å². The maximum atomic E-state index is 5.83. The molecule has 1 rings (SSSR count). The van der Waals surface area contributed by atoms with Gasteiger partial charge in [-0.05, 0) is 43.4 Å². The summed E-state index contributed by atoms with van der Waals surface area (Å²) in [5.74, 6) is 1.49. The molecule has 1 aromatic rings. The van der Waals surface area contributed by atoms with Gasteiger partial charge < -0.3 is 10.5 Å². The van der Waals surface area contributed by atoms with Gasteiger partial charge in [-0.2, -0.15) is 0 Å². The van der Waals surface area contributed by atoms with Crippen LogP contribution in [0.25, 0.3) is 0 Å². The third-order valence-electron chi connectivity index (χ3n) is 2.94. The monoisotopic (exact) mass is 207 g/mol. The van der Waals surface area contributed by atoms with Gasteiger partial charge in [0.05, 0.1) is 7.11 Å². The van der Waals surface area contributed by atoms with Crippen LogP contribution in [0.5, 0.6) is 5.75 Å². The zero-order valence-electron chi connectivity index (χ0n) is 9.86. The first-order valence-electron chi connectivity index (χ1n) is 5.52. The fourth-order valence-corrected chi connectivity index (χ4v) is 1.45. The van der Waals surface area contributed by atoms with Crippen LogP contribution in [0, 0.1) is 5.92 Å². The molecule has 0 aromatic heterocycles. The van der Waals surface area contributed by atoms with Crippen molar-refractivity contribution in [3.63, 3.8) is 0 Å². The Hall–Kier alpha value is -1.02. The van der Waals surface area contributed by atoms with Gasteiger partial charge in [0, 0.05) is 6.04 Å². The number of aryl methyl sites for hydroxylation is 1. The van der Waals surface area contributed by atoms with Crippen LogP contribution in [0.3, 0.4) is 0 Å². The lowest BCUT2D eigenvalue weighted by Crippen LogP contribution is -2.24. The molecule has 0 spiro atoms. The summed E-state index contributed by atoms with van der Waals surface area (Å²) in [6, 6.07) is 8.53. The van der Waals surface area contributed by atoms with Crippen LogP contribution in [0.1, 0.15) is 25.8 Å². The molecule has 0 bridgehead atoms. The summed E-state index contributed by atoms with van der Waals surface area (Å²) in [6.07, 6.45) is 2.23. The van der Waals surface area contributed by atoms with Crippen LogP contribution in [-0.4, -0.2) is 13.2 Å². The van der Waals surface area contributed by atoms with Crippen molar-refractivity contribution < 1.29 is 4.74 Å². The first-order chi connectivity index (χ1) is 7.13. The largest absolute Gasteiger partial charge is 0.497 e. The molecule has 0 aliphatic carbocycles.